The van der Waals surface area contributed by atoms with Crippen LogP contribution in [0, 0.1) is 0 Å². The van der Waals surface area contributed by atoms with Gasteiger partial charge in [0.1, 0.15) is 0 Å². The summed E-state index contributed by atoms with van der Waals surface area (Å²) in [5, 5.41) is 24.4. The van der Waals surface area contributed by atoms with Crippen LogP contribution in [0.5, 0.6) is 0 Å². The minimum atomic E-state index is -1.08. The Bertz CT molecular complexity index is 875. The SMILES string of the molecule is CC(Nc1c(Cl)ccc2c1CCNCC2)c1ccccc1Cl.O=C(O)CCC(=O)O. The molecule has 6 nitrogen and oxygen atoms in total. The lowest BCUT2D eigenvalue weighted by atomic mass is 9.99. The van der Waals surface area contributed by atoms with Crippen molar-refractivity contribution in [1.82, 2.24) is 5.32 Å². The first-order valence-electron chi connectivity index (χ1n) is 9.75. The van der Waals surface area contributed by atoms with Crippen LogP contribution < -0.4 is 10.6 Å². The summed E-state index contributed by atoms with van der Waals surface area (Å²) in [6.45, 7) is 4.13. The number of anilines is 1. The Kier molecular flexibility index (Phi) is 9.43. The van der Waals surface area contributed by atoms with E-state index in [9.17, 15) is 9.59 Å². The Labute approximate surface area is 186 Å². The van der Waals surface area contributed by atoms with Gasteiger partial charge in [0.15, 0.2) is 0 Å². The van der Waals surface area contributed by atoms with Crippen molar-refractivity contribution in [2.24, 2.45) is 0 Å². The maximum atomic E-state index is 9.64. The Morgan fingerprint density at radius 3 is 2.27 bits per heavy atom. The van der Waals surface area contributed by atoms with Gasteiger partial charge in [-0.15, -0.1) is 0 Å². The second-order valence-electron chi connectivity index (χ2n) is 6.99. The summed E-state index contributed by atoms with van der Waals surface area (Å²) < 4.78 is 0. The van der Waals surface area contributed by atoms with Crippen LogP contribution in [0.3, 0.4) is 0 Å². The zero-order valence-electron chi connectivity index (χ0n) is 16.8. The second kappa shape index (κ2) is 11.8. The van der Waals surface area contributed by atoms with Crippen molar-refractivity contribution in [3.63, 3.8) is 0 Å². The van der Waals surface area contributed by atoms with E-state index in [0.29, 0.717) is 0 Å². The highest BCUT2D eigenvalue weighted by Gasteiger charge is 2.17. The molecule has 4 N–H and O–H groups in total. The predicted molar refractivity (Wildman–Crippen MR) is 120 cm³/mol. The van der Waals surface area contributed by atoms with Crippen molar-refractivity contribution in [2.75, 3.05) is 18.4 Å². The van der Waals surface area contributed by atoms with Crippen molar-refractivity contribution in [3.8, 4) is 0 Å². The topological polar surface area (TPSA) is 98.7 Å². The van der Waals surface area contributed by atoms with E-state index < -0.39 is 11.9 Å². The zero-order valence-corrected chi connectivity index (χ0v) is 18.3. The molecular formula is C22H26Cl2N2O4. The highest BCUT2D eigenvalue weighted by molar-refractivity contribution is 6.33. The molecule has 0 aromatic heterocycles. The lowest BCUT2D eigenvalue weighted by Crippen LogP contribution is -2.16. The second-order valence-corrected chi connectivity index (χ2v) is 7.80. The number of hydrogen-bond donors (Lipinski definition) is 4. The molecule has 0 saturated heterocycles. The van der Waals surface area contributed by atoms with Crippen LogP contribution in [0.1, 0.15) is 42.5 Å². The summed E-state index contributed by atoms with van der Waals surface area (Å²) in [6, 6.07) is 12.2. The molecule has 0 bridgehead atoms. The molecule has 1 atom stereocenters. The van der Waals surface area contributed by atoms with E-state index >= 15 is 0 Å². The van der Waals surface area contributed by atoms with Crippen LogP contribution >= 0.6 is 23.2 Å². The maximum absolute atomic E-state index is 9.64. The lowest BCUT2D eigenvalue weighted by Gasteiger charge is -2.22. The summed E-state index contributed by atoms with van der Waals surface area (Å²) in [5.41, 5.74) is 4.85. The molecular weight excluding hydrogens is 427 g/mol. The van der Waals surface area contributed by atoms with Gasteiger partial charge in [-0.3, -0.25) is 9.59 Å². The van der Waals surface area contributed by atoms with Gasteiger partial charge in [-0.05, 0) is 61.7 Å². The number of hydrogen-bond acceptors (Lipinski definition) is 4. The fourth-order valence-corrected chi connectivity index (χ4v) is 3.77. The third kappa shape index (κ3) is 7.20. The van der Waals surface area contributed by atoms with Gasteiger partial charge in [-0.2, -0.15) is 0 Å². The fraction of sp³-hybridized carbons (Fsp3) is 0.364. The van der Waals surface area contributed by atoms with Gasteiger partial charge in [0.2, 0.25) is 0 Å². The first kappa shape index (κ1) is 24.0. The zero-order chi connectivity index (χ0) is 22.1. The van der Waals surface area contributed by atoms with E-state index in [1.165, 1.54) is 11.1 Å². The number of nitrogens with one attached hydrogen (secondary N) is 2. The number of halogens is 2. The van der Waals surface area contributed by atoms with Crippen molar-refractivity contribution >= 4 is 40.8 Å². The van der Waals surface area contributed by atoms with Gasteiger partial charge in [-0.25, -0.2) is 0 Å². The van der Waals surface area contributed by atoms with Crippen LogP contribution in [-0.4, -0.2) is 35.2 Å². The van der Waals surface area contributed by atoms with E-state index in [-0.39, 0.29) is 18.9 Å². The number of benzene rings is 2. The van der Waals surface area contributed by atoms with Crippen molar-refractivity contribution in [2.45, 2.75) is 38.6 Å². The van der Waals surface area contributed by atoms with Gasteiger partial charge < -0.3 is 20.8 Å². The molecule has 1 heterocycles. The van der Waals surface area contributed by atoms with E-state index in [1.807, 2.05) is 24.3 Å². The highest BCUT2D eigenvalue weighted by atomic mass is 35.5. The van der Waals surface area contributed by atoms with Gasteiger partial charge in [0.05, 0.1) is 29.6 Å². The molecule has 3 rings (SSSR count). The number of carboxylic acids is 2. The van der Waals surface area contributed by atoms with Crippen molar-refractivity contribution in [1.29, 1.82) is 0 Å². The van der Waals surface area contributed by atoms with E-state index in [1.54, 1.807) is 0 Å². The smallest absolute Gasteiger partial charge is 0.303 e. The van der Waals surface area contributed by atoms with Crippen LogP contribution in [0.25, 0.3) is 0 Å². The van der Waals surface area contributed by atoms with Gasteiger partial charge in [0, 0.05) is 5.02 Å². The average molecular weight is 453 g/mol. The number of fused-ring (bicyclic) bond motifs is 1. The normalized spacial score (nSPS) is 13.8. The van der Waals surface area contributed by atoms with Crippen LogP contribution in [0.2, 0.25) is 10.0 Å². The number of rotatable bonds is 6. The molecule has 0 amide bonds. The minimum Gasteiger partial charge on any atom is -0.481 e. The van der Waals surface area contributed by atoms with Crippen LogP contribution in [0.15, 0.2) is 36.4 Å². The summed E-state index contributed by atoms with van der Waals surface area (Å²) in [7, 11) is 0. The Morgan fingerprint density at radius 2 is 1.63 bits per heavy atom. The van der Waals surface area contributed by atoms with E-state index in [0.717, 1.165) is 47.2 Å². The molecule has 0 fully saturated rings. The Balaban J connectivity index is 0.000000343. The third-order valence-corrected chi connectivity index (χ3v) is 5.43. The monoisotopic (exact) mass is 452 g/mol. The summed E-state index contributed by atoms with van der Waals surface area (Å²) in [6.07, 6.45) is 1.44. The lowest BCUT2D eigenvalue weighted by molar-refractivity contribution is -0.143. The van der Waals surface area contributed by atoms with E-state index in [4.69, 9.17) is 33.4 Å². The molecule has 8 heteroatoms. The van der Waals surface area contributed by atoms with Crippen molar-refractivity contribution in [3.05, 3.63) is 63.1 Å². The maximum Gasteiger partial charge on any atom is 0.303 e. The summed E-state index contributed by atoms with van der Waals surface area (Å²) in [4.78, 5) is 19.3. The van der Waals surface area contributed by atoms with Gasteiger partial charge in [-0.1, -0.05) is 47.5 Å². The summed E-state index contributed by atoms with van der Waals surface area (Å²) in [5.74, 6) is -2.15. The minimum absolute atomic E-state index is 0.105. The molecule has 0 radical (unpaired) electrons. The molecule has 1 aliphatic rings. The molecule has 30 heavy (non-hydrogen) atoms. The third-order valence-electron chi connectivity index (χ3n) is 4.77. The molecule has 1 aliphatic heterocycles. The predicted octanol–water partition coefficient (Wildman–Crippen LogP) is 4.79. The highest BCUT2D eigenvalue weighted by Crippen LogP contribution is 2.34. The number of aliphatic carboxylic acids is 2. The molecule has 2 aromatic rings. The fourth-order valence-electron chi connectivity index (χ4n) is 3.23. The number of carboxylic acid groups (broad SMARTS) is 2. The molecule has 0 aliphatic carbocycles. The Hall–Kier alpha value is -2.28. The first-order chi connectivity index (χ1) is 14.3. The van der Waals surface area contributed by atoms with Crippen LogP contribution in [-0.2, 0) is 22.4 Å². The molecule has 0 spiro atoms. The Morgan fingerprint density at radius 1 is 1.00 bits per heavy atom. The molecule has 162 valence electrons. The van der Waals surface area contributed by atoms with Gasteiger partial charge in [0.25, 0.3) is 0 Å². The number of carbonyl (C=O) groups is 2. The largest absolute Gasteiger partial charge is 0.481 e. The molecule has 2 aromatic carbocycles. The molecule has 1 unspecified atom stereocenters. The summed E-state index contributed by atoms with van der Waals surface area (Å²) >= 11 is 12.8. The average Bonchev–Trinajstić information content (AvgIpc) is 2.95. The van der Waals surface area contributed by atoms with Crippen molar-refractivity contribution < 1.29 is 19.8 Å². The van der Waals surface area contributed by atoms with Gasteiger partial charge >= 0.3 is 11.9 Å². The standard InChI is InChI=1S/C18H20Cl2N2.C4H6O4/c1-12(14-4-2-3-5-16(14)19)22-18-15-9-11-21-10-8-13(15)6-7-17(18)20;5-3(6)1-2-4(7)8/h2-7,12,21-22H,8-11H2,1H3;1-2H2,(H,5,6)(H,7,8). The molecule has 0 saturated carbocycles. The first-order valence-corrected chi connectivity index (χ1v) is 10.5. The van der Waals surface area contributed by atoms with Crippen LogP contribution in [0.4, 0.5) is 5.69 Å². The quantitative estimate of drug-likeness (QED) is 0.502. The van der Waals surface area contributed by atoms with E-state index in [2.05, 4.69) is 29.7 Å².